The molecule has 7 heteroatoms. The summed E-state index contributed by atoms with van der Waals surface area (Å²) in [6.45, 7) is 3.46. The van der Waals surface area contributed by atoms with E-state index in [1.54, 1.807) is 12.1 Å². The molecule has 0 heterocycles. The van der Waals surface area contributed by atoms with Crippen molar-refractivity contribution in [2.24, 2.45) is 0 Å². The molecule has 2 aromatic carbocycles. The van der Waals surface area contributed by atoms with E-state index in [4.69, 9.17) is 4.74 Å². The number of carbonyl (C=O) groups is 2. The molecule has 2 aromatic rings. The standard InChI is InChI=1S/C18H19NO5S/c1-12-7-8-14(9-13(12)2)17(20)11-24-18(21)15-5-4-6-16(10-15)19-25(3,22)23/h4-10,19H,11H2,1-3H3. The molecule has 1 N–H and O–H groups in total. The van der Waals surface area contributed by atoms with Crippen molar-refractivity contribution in [2.45, 2.75) is 13.8 Å². The number of anilines is 1. The molecule has 0 atom stereocenters. The van der Waals surface area contributed by atoms with Crippen LogP contribution in [0.1, 0.15) is 31.8 Å². The van der Waals surface area contributed by atoms with Crippen molar-refractivity contribution < 1.29 is 22.7 Å². The van der Waals surface area contributed by atoms with Crippen LogP contribution in [0.15, 0.2) is 42.5 Å². The number of ketones is 1. The van der Waals surface area contributed by atoms with E-state index in [2.05, 4.69) is 4.72 Å². The summed E-state index contributed by atoms with van der Waals surface area (Å²) in [5.41, 5.74) is 2.93. The lowest BCUT2D eigenvalue weighted by Crippen LogP contribution is -2.15. The Kier molecular flexibility index (Phi) is 5.58. The van der Waals surface area contributed by atoms with E-state index < -0.39 is 16.0 Å². The van der Waals surface area contributed by atoms with Gasteiger partial charge in [0.1, 0.15) is 0 Å². The van der Waals surface area contributed by atoms with Crippen molar-refractivity contribution >= 4 is 27.5 Å². The summed E-state index contributed by atoms with van der Waals surface area (Å²) < 4.78 is 29.8. The van der Waals surface area contributed by atoms with Gasteiger partial charge in [0.2, 0.25) is 10.0 Å². The second-order valence-electron chi connectivity index (χ2n) is 5.75. The van der Waals surface area contributed by atoms with Gasteiger partial charge < -0.3 is 4.74 Å². The average molecular weight is 361 g/mol. The number of nitrogens with one attached hydrogen (secondary N) is 1. The molecular formula is C18H19NO5S. The smallest absolute Gasteiger partial charge is 0.338 e. The number of sulfonamides is 1. The first-order valence-corrected chi connectivity index (χ1v) is 9.40. The molecule has 0 aliphatic heterocycles. The Morgan fingerprint density at radius 1 is 1.00 bits per heavy atom. The van der Waals surface area contributed by atoms with Crippen molar-refractivity contribution in [3.05, 3.63) is 64.7 Å². The number of esters is 1. The minimum absolute atomic E-state index is 0.154. The van der Waals surface area contributed by atoms with Gasteiger partial charge in [-0.25, -0.2) is 13.2 Å². The Bertz CT molecular complexity index is 919. The van der Waals surface area contributed by atoms with E-state index >= 15 is 0 Å². The fourth-order valence-electron chi connectivity index (χ4n) is 2.14. The first-order valence-electron chi connectivity index (χ1n) is 7.51. The van der Waals surface area contributed by atoms with Crippen molar-refractivity contribution in [2.75, 3.05) is 17.6 Å². The zero-order valence-corrected chi connectivity index (χ0v) is 15.0. The molecule has 0 amide bonds. The number of hydrogen-bond donors (Lipinski definition) is 1. The number of Topliss-reactive ketones (excluding diaryl/α,β-unsaturated/α-hetero) is 1. The minimum Gasteiger partial charge on any atom is -0.454 e. The van der Waals surface area contributed by atoms with Crippen molar-refractivity contribution in [3.8, 4) is 0 Å². The highest BCUT2D eigenvalue weighted by Gasteiger charge is 2.13. The highest BCUT2D eigenvalue weighted by molar-refractivity contribution is 7.92. The van der Waals surface area contributed by atoms with Crippen LogP contribution in [0, 0.1) is 13.8 Å². The second-order valence-corrected chi connectivity index (χ2v) is 7.50. The summed E-state index contributed by atoms with van der Waals surface area (Å²) in [7, 11) is -3.45. The van der Waals surface area contributed by atoms with E-state index in [0.717, 1.165) is 17.4 Å². The molecule has 0 unspecified atom stereocenters. The fraction of sp³-hybridized carbons (Fsp3) is 0.222. The number of aryl methyl sites for hydroxylation is 2. The number of benzene rings is 2. The molecule has 0 saturated carbocycles. The second kappa shape index (κ2) is 7.48. The third-order valence-electron chi connectivity index (χ3n) is 3.56. The Hall–Kier alpha value is -2.67. The van der Waals surface area contributed by atoms with Crippen molar-refractivity contribution in [1.82, 2.24) is 0 Å². The largest absolute Gasteiger partial charge is 0.454 e. The Morgan fingerprint density at radius 2 is 1.72 bits per heavy atom. The summed E-state index contributed by atoms with van der Waals surface area (Å²) in [6.07, 6.45) is 1.01. The minimum atomic E-state index is -3.45. The number of carbonyl (C=O) groups excluding carboxylic acids is 2. The average Bonchev–Trinajstić information content (AvgIpc) is 2.53. The molecule has 6 nitrogen and oxygen atoms in total. The first-order chi connectivity index (χ1) is 11.7. The van der Waals surface area contributed by atoms with Crippen LogP contribution >= 0.6 is 0 Å². The Morgan fingerprint density at radius 3 is 2.36 bits per heavy atom. The maximum absolute atomic E-state index is 12.1. The highest BCUT2D eigenvalue weighted by atomic mass is 32.2. The molecule has 2 rings (SSSR count). The van der Waals surface area contributed by atoms with E-state index in [1.165, 1.54) is 24.3 Å². The number of ether oxygens (including phenoxy) is 1. The van der Waals surface area contributed by atoms with E-state index in [0.29, 0.717) is 5.56 Å². The van der Waals surface area contributed by atoms with Gasteiger partial charge in [-0.05, 0) is 49.2 Å². The van der Waals surface area contributed by atoms with Gasteiger partial charge in [0.05, 0.1) is 11.8 Å². The van der Waals surface area contributed by atoms with Crippen LogP contribution in [0.25, 0.3) is 0 Å². The van der Waals surface area contributed by atoms with E-state index in [1.807, 2.05) is 19.9 Å². The molecule has 0 spiro atoms. The predicted molar refractivity (Wildman–Crippen MR) is 95.4 cm³/mol. The molecular weight excluding hydrogens is 342 g/mol. The van der Waals surface area contributed by atoms with Gasteiger partial charge in [-0.1, -0.05) is 18.2 Å². The van der Waals surface area contributed by atoms with Crippen molar-refractivity contribution in [3.63, 3.8) is 0 Å². The highest BCUT2D eigenvalue weighted by Crippen LogP contribution is 2.14. The molecule has 0 aromatic heterocycles. The summed E-state index contributed by atoms with van der Waals surface area (Å²) in [6, 6.07) is 11.1. The van der Waals surface area contributed by atoms with Gasteiger partial charge >= 0.3 is 5.97 Å². The lowest BCUT2D eigenvalue weighted by atomic mass is 10.0. The van der Waals surface area contributed by atoms with Gasteiger partial charge in [0, 0.05) is 11.3 Å². The number of hydrogen-bond acceptors (Lipinski definition) is 5. The van der Waals surface area contributed by atoms with Crippen molar-refractivity contribution in [1.29, 1.82) is 0 Å². The van der Waals surface area contributed by atoms with Gasteiger partial charge in [-0.15, -0.1) is 0 Å². The topological polar surface area (TPSA) is 89.5 Å². The molecule has 0 bridgehead atoms. The van der Waals surface area contributed by atoms with E-state index in [-0.39, 0.29) is 23.6 Å². The third kappa shape index (κ3) is 5.42. The van der Waals surface area contributed by atoms with Crippen LogP contribution in [0.5, 0.6) is 0 Å². The van der Waals surface area contributed by atoms with E-state index in [9.17, 15) is 18.0 Å². The molecule has 25 heavy (non-hydrogen) atoms. The number of rotatable bonds is 6. The zero-order chi connectivity index (χ0) is 18.6. The van der Waals surface area contributed by atoms with Crippen LogP contribution < -0.4 is 4.72 Å². The predicted octanol–water partition coefficient (Wildman–Crippen LogP) is 2.71. The van der Waals surface area contributed by atoms with Gasteiger partial charge in [-0.2, -0.15) is 0 Å². The van der Waals surface area contributed by atoms with Crippen LogP contribution in [-0.4, -0.2) is 33.0 Å². The maximum atomic E-state index is 12.1. The quantitative estimate of drug-likeness (QED) is 0.631. The molecule has 132 valence electrons. The summed E-state index contributed by atoms with van der Waals surface area (Å²) in [5, 5.41) is 0. The molecule has 0 radical (unpaired) electrons. The van der Waals surface area contributed by atoms with Gasteiger partial charge in [0.15, 0.2) is 12.4 Å². The Labute approximate surface area is 146 Å². The summed E-state index contributed by atoms with van der Waals surface area (Å²) >= 11 is 0. The fourth-order valence-corrected chi connectivity index (χ4v) is 2.69. The monoisotopic (exact) mass is 361 g/mol. The zero-order valence-electron chi connectivity index (χ0n) is 14.2. The van der Waals surface area contributed by atoms with Gasteiger partial charge in [0.25, 0.3) is 0 Å². The molecule has 0 fully saturated rings. The molecule has 0 aliphatic rings. The first kappa shape index (κ1) is 18.7. The normalized spacial score (nSPS) is 11.0. The SMILES string of the molecule is Cc1ccc(C(=O)COC(=O)c2cccc(NS(C)(=O)=O)c2)cc1C. The van der Waals surface area contributed by atoms with Crippen LogP contribution in [0.4, 0.5) is 5.69 Å². The molecule has 0 saturated heterocycles. The summed E-state index contributed by atoms with van der Waals surface area (Å²) in [5.74, 6) is -1.00. The third-order valence-corrected chi connectivity index (χ3v) is 4.17. The Balaban J connectivity index is 2.03. The lowest BCUT2D eigenvalue weighted by Gasteiger charge is -2.08. The van der Waals surface area contributed by atoms with Gasteiger partial charge in [-0.3, -0.25) is 9.52 Å². The lowest BCUT2D eigenvalue weighted by molar-refractivity contribution is 0.0475. The van der Waals surface area contributed by atoms with Crippen LogP contribution in [0.2, 0.25) is 0 Å². The van der Waals surface area contributed by atoms with Crippen LogP contribution in [0.3, 0.4) is 0 Å². The van der Waals surface area contributed by atoms with Crippen LogP contribution in [-0.2, 0) is 14.8 Å². The summed E-state index contributed by atoms with van der Waals surface area (Å²) in [4.78, 5) is 24.2. The molecule has 0 aliphatic carbocycles. The maximum Gasteiger partial charge on any atom is 0.338 e.